The third-order valence-electron chi connectivity index (χ3n) is 4.97. The van der Waals surface area contributed by atoms with Crippen LogP contribution in [-0.2, 0) is 14.3 Å². The van der Waals surface area contributed by atoms with Gasteiger partial charge >= 0.3 is 5.97 Å². The number of esters is 1. The van der Waals surface area contributed by atoms with E-state index in [4.69, 9.17) is 9.15 Å². The summed E-state index contributed by atoms with van der Waals surface area (Å²) in [6, 6.07) is 2.50. The smallest absolute Gasteiger partial charge is 0.329 e. The molecule has 1 aliphatic carbocycles. The second-order valence-corrected chi connectivity index (χ2v) is 7.25. The van der Waals surface area contributed by atoms with Crippen LogP contribution in [0.4, 0.5) is 0 Å². The first-order valence-corrected chi connectivity index (χ1v) is 9.74. The molecule has 1 aliphatic rings. The fraction of sp³-hybridized carbons (Fsp3) is 0.650. The third kappa shape index (κ3) is 5.84. The van der Waals surface area contributed by atoms with Crippen molar-refractivity contribution in [1.82, 2.24) is 10.2 Å². The lowest BCUT2D eigenvalue weighted by Gasteiger charge is -2.33. The molecule has 150 valence electrons. The minimum Gasteiger partial charge on any atom is -0.459 e. The molecule has 27 heavy (non-hydrogen) atoms. The summed E-state index contributed by atoms with van der Waals surface area (Å²) in [4.78, 5) is 38.9. The summed E-state index contributed by atoms with van der Waals surface area (Å²) in [5.74, 6) is -1.35. The van der Waals surface area contributed by atoms with Crippen LogP contribution in [0, 0.1) is 5.92 Å². The lowest BCUT2D eigenvalue weighted by atomic mass is 9.94. The van der Waals surface area contributed by atoms with Crippen molar-refractivity contribution in [3.63, 3.8) is 0 Å². The minimum atomic E-state index is -0.847. The van der Waals surface area contributed by atoms with Crippen molar-refractivity contribution in [1.29, 1.82) is 0 Å². The van der Waals surface area contributed by atoms with Crippen LogP contribution in [0.2, 0.25) is 0 Å². The Hall–Kier alpha value is -2.31. The van der Waals surface area contributed by atoms with Gasteiger partial charge in [-0.3, -0.25) is 9.59 Å². The molecule has 1 heterocycles. The van der Waals surface area contributed by atoms with Crippen molar-refractivity contribution in [2.75, 3.05) is 13.2 Å². The topological polar surface area (TPSA) is 88.9 Å². The number of likely N-dealkylation sites (N-methyl/N-ethyl adjacent to an activating group) is 1. The molecule has 2 amide bonds. The van der Waals surface area contributed by atoms with E-state index in [9.17, 15) is 14.4 Å². The maximum absolute atomic E-state index is 12.5. The van der Waals surface area contributed by atoms with Crippen LogP contribution in [0.1, 0.15) is 63.4 Å². The summed E-state index contributed by atoms with van der Waals surface area (Å²) < 4.78 is 10.3. The standard InChI is InChI=1S/C20H30N2O5/c1-4-22(15-9-6-5-7-10-15)17(23)13-27-20(25)18(14(2)3)21-19(24)16-11-8-12-26-16/h8,11-12,14-15,18H,4-7,9-10,13H2,1-3H3,(H,21,24)/t18-/m1/s1. The van der Waals surface area contributed by atoms with Gasteiger partial charge in [-0.15, -0.1) is 0 Å². The molecular formula is C20H30N2O5. The van der Waals surface area contributed by atoms with E-state index in [-0.39, 0.29) is 30.2 Å². The molecule has 7 heteroatoms. The first-order valence-electron chi connectivity index (χ1n) is 9.74. The zero-order valence-electron chi connectivity index (χ0n) is 16.4. The molecule has 2 rings (SSSR count). The summed E-state index contributed by atoms with van der Waals surface area (Å²) in [7, 11) is 0. The molecule has 0 aliphatic heterocycles. The van der Waals surface area contributed by atoms with E-state index >= 15 is 0 Å². The number of hydrogen-bond donors (Lipinski definition) is 1. The molecule has 1 fully saturated rings. The van der Waals surface area contributed by atoms with Gasteiger partial charge in [0.15, 0.2) is 12.4 Å². The number of carbonyl (C=O) groups excluding carboxylic acids is 3. The Balaban J connectivity index is 1.90. The summed E-state index contributed by atoms with van der Waals surface area (Å²) in [5.41, 5.74) is 0. The number of amides is 2. The van der Waals surface area contributed by atoms with Gasteiger partial charge in [-0.1, -0.05) is 33.1 Å². The Bertz CT molecular complexity index is 620. The number of rotatable bonds is 8. The van der Waals surface area contributed by atoms with Crippen molar-refractivity contribution in [2.24, 2.45) is 5.92 Å². The van der Waals surface area contributed by atoms with Crippen molar-refractivity contribution in [3.05, 3.63) is 24.2 Å². The molecule has 1 aromatic rings. The number of furan rings is 1. The molecule has 0 bridgehead atoms. The van der Waals surface area contributed by atoms with E-state index in [0.29, 0.717) is 6.54 Å². The number of ether oxygens (including phenoxy) is 1. The largest absolute Gasteiger partial charge is 0.459 e. The summed E-state index contributed by atoms with van der Waals surface area (Å²) in [5, 5.41) is 2.62. The van der Waals surface area contributed by atoms with Gasteiger partial charge in [-0.2, -0.15) is 0 Å². The number of carbonyl (C=O) groups is 3. The van der Waals surface area contributed by atoms with E-state index in [1.165, 1.54) is 18.8 Å². The van der Waals surface area contributed by atoms with Crippen LogP contribution in [0.15, 0.2) is 22.8 Å². The second kappa shape index (κ2) is 10.1. The number of nitrogens with zero attached hydrogens (tertiary/aromatic N) is 1. The van der Waals surface area contributed by atoms with Crippen LogP contribution in [0.5, 0.6) is 0 Å². The maximum atomic E-state index is 12.5. The van der Waals surface area contributed by atoms with Gasteiger partial charge in [0.1, 0.15) is 6.04 Å². The molecular weight excluding hydrogens is 348 g/mol. The molecule has 7 nitrogen and oxygen atoms in total. The Kier molecular flexibility index (Phi) is 7.88. The highest BCUT2D eigenvalue weighted by Gasteiger charge is 2.29. The Morgan fingerprint density at radius 2 is 1.96 bits per heavy atom. The fourth-order valence-electron chi connectivity index (χ4n) is 3.45. The minimum absolute atomic E-state index is 0.124. The van der Waals surface area contributed by atoms with E-state index < -0.39 is 17.9 Å². The van der Waals surface area contributed by atoms with Crippen molar-refractivity contribution in [2.45, 2.75) is 65.0 Å². The highest BCUT2D eigenvalue weighted by molar-refractivity contribution is 5.94. The van der Waals surface area contributed by atoms with E-state index in [1.54, 1.807) is 24.8 Å². The summed E-state index contributed by atoms with van der Waals surface area (Å²) >= 11 is 0. The maximum Gasteiger partial charge on any atom is 0.329 e. The molecule has 1 N–H and O–H groups in total. The van der Waals surface area contributed by atoms with Gasteiger partial charge in [0.2, 0.25) is 0 Å². The van der Waals surface area contributed by atoms with Gasteiger partial charge in [0, 0.05) is 12.6 Å². The third-order valence-corrected chi connectivity index (χ3v) is 4.97. The Labute approximate surface area is 160 Å². The van der Waals surface area contributed by atoms with Crippen molar-refractivity contribution in [3.8, 4) is 0 Å². The van der Waals surface area contributed by atoms with Crippen LogP contribution in [0.3, 0.4) is 0 Å². The van der Waals surface area contributed by atoms with Crippen LogP contribution >= 0.6 is 0 Å². The number of hydrogen-bond acceptors (Lipinski definition) is 5. The van der Waals surface area contributed by atoms with Gasteiger partial charge in [0.05, 0.1) is 6.26 Å². The van der Waals surface area contributed by atoms with Gasteiger partial charge in [-0.05, 0) is 37.8 Å². The van der Waals surface area contributed by atoms with Gasteiger partial charge in [0.25, 0.3) is 11.8 Å². The summed E-state index contributed by atoms with van der Waals surface area (Å²) in [6.45, 7) is 5.84. The SMILES string of the molecule is CCN(C(=O)COC(=O)[C@H](NC(=O)c1ccco1)C(C)C)C1CCCCC1. The Morgan fingerprint density at radius 1 is 1.26 bits per heavy atom. The van der Waals surface area contributed by atoms with E-state index in [2.05, 4.69) is 5.32 Å². The lowest BCUT2D eigenvalue weighted by Crippen LogP contribution is -2.47. The normalized spacial score (nSPS) is 16.0. The quantitative estimate of drug-likeness (QED) is 0.703. The zero-order valence-corrected chi connectivity index (χ0v) is 16.4. The monoisotopic (exact) mass is 378 g/mol. The average Bonchev–Trinajstić information content (AvgIpc) is 3.20. The van der Waals surface area contributed by atoms with Gasteiger partial charge in [-0.25, -0.2) is 4.79 Å². The molecule has 1 atom stereocenters. The Morgan fingerprint density at radius 3 is 2.52 bits per heavy atom. The van der Waals surface area contributed by atoms with Crippen LogP contribution in [-0.4, -0.2) is 47.9 Å². The lowest BCUT2D eigenvalue weighted by molar-refractivity contribution is -0.155. The molecule has 0 radical (unpaired) electrons. The second-order valence-electron chi connectivity index (χ2n) is 7.25. The molecule has 0 aromatic carbocycles. The number of nitrogens with one attached hydrogen (secondary N) is 1. The molecule has 0 saturated heterocycles. The predicted octanol–water partition coefficient (Wildman–Crippen LogP) is 2.76. The predicted molar refractivity (Wildman–Crippen MR) is 100 cm³/mol. The molecule has 1 aromatic heterocycles. The fourth-order valence-corrected chi connectivity index (χ4v) is 3.45. The highest BCUT2D eigenvalue weighted by Crippen LogP contribution is 2.22. The first kappa shape index (κ1) is 21.0. The molecule has 1 saturated carbocycles. The average molecular weight is 378 g/mol. The summed E-state index contributed by atoms with van der Waals surface area (Å²) in [6.07, 6.45) is 6.86. The van der Waals surface area contributed by atoms with E-state index in [0.717, 1.165) is 25.7 Å². The highest BCUT2D eigenvalue weighted by atomic mass is 16.5. The molecule has 0 unspecified atom stereocenters. The first-order chi connectivity index (χ1) is 12.9. The van der Waals surface area contributed by atoms with Crippen molar-refractivity contribution >= 4 is 17.8 Å². The van der Waals surface area contributed by atoms with Crippen LogP contribution < -0.4 is 5.32 Å². The van der Waals surface area contributed by atoms with Gasteiger partial charge < -0.3 is 19.4 Å². The molecule has 0 spiro atoms. The van der Waals surface area contributed by atoms with E-state index in [1.807, 2.05) is 6.92 Å². The van der Waals surface area contributed by atoms with Crippen LogP contribution in [0.25, 0.3) is 0 Å². The van der Waals surface area contributed by atoms with Crippen molar-refractivity contribution < 1.29 is 23.5 Å². The zero-order chi connectivity index (χ0) is 19.8.